The zero-order valence-corrected chi connectivity index (χ0v) is 7.41. The predicted octanol–water partition coefficient (Wildman–Crippen LogP) is 0.799. The number of hydrogen-bond donors (Lipinski definition) is 1. The lowest BCUT2D eigenvalue weighted by molar-refractivity contribution is 0.171. The Morgan fingerprint density at radius 2 is 2.58 bits per heavy atom. The number of ether oxygens (including phenoxy) is 1. The van der Waals surface area contributed by atoms with Crippen molar-refractivity contribution in [1.29, 1.82) is 0 Å². The molecular formula is C8H14N2O2. The fourth-order valence-electron chi connectivity index (χ4n) is 0.916. The zero-order valence-electron chi connectivity index (χ0n) is 7.41. The van der Waals surface area contributed by atoms with Crippen LogP contribution < -0.4 is 5.32 Å². The summed E-state index contributed by atoms with van der Waals surface area (Å²) >= 11 is 0. The first-order valence-corrected chi connectivity index (χ1v) is 3.94. The number of methoxy groups -OCH3 is 1. The van der Waals surface area contributed by atoms with Crippen LogP contribution in [0.5, 0.6) is 0 Å². The van der Waals surface area contributed by atoms with Gasteiger partial charge >= 0.3 is 0 Å². The van der Waals surface area contributed by atoms with Gasteiger partial charge in [-0.3, -0.25) is 0 Å². The van der Waals surface area contributed by atoms with Gasteiger partial charge in [0, 0.05) is 25.8 Å². The molecule has 0 radical (unpaired) electrons. The Balaban J connectivity index is 2.17. The SMILES string of the molecule is COCC(C)NCc1ccon1. The molecule has 0 amide bonds. The zero-order chi connectivity index (χ0) is 8.81. The summed E-state index contributed by atoms with van der Waals surface area (Å²) in [5.74, 6) is 0. The Bertz CT molecular complexity index is 199. The Morgan fingerprint density at radius 3 is 3.17 bits per heavy atom. The molecule has 1 aromatic heterocycles. The van der Waals surface area contributed by atoms with Crippen LogP contribution in [-0.2, 0) is 11.3 Å². The molecule has 0 aliphatic heterocycles. The first-order valence-electron chi connectivity index (χ1n) is 3.94. The average Bonchev–Trinajstić information content (AvgIpc) is 2.53. The van der Waals surface area contributed by atoms with Crippen LogP contribution in [0.3, 0.4) is 0 Å². The molecule has 0 bridgehead atoms. The molecule has 68 valence electrons. The standard InChI is InChI=1S/C8H14N2O2/c1-7(6-11-2)9-5-8-3-4-12-10-8/h3-4,7,9H,5-6H2,1-2H3. The molecule has 0 aliphatic rings. The van der Waals surface area contributed by atoms with Crippen molar-refractivity contribution in [2.75, 3.05) is 13.7 Å². The highest BCUT2D eigenvalue weighted by Gasteiger charge is 2.01. The summed E-state index contributed by atoms with van der Waals surface area (Å²) in [4.78, 5) is 0. The van der Waals surface area contributed by atoms with Gasteiger partial charge in [0.1, 0.15) is 6.26 Å². The monoisotopic (exact) mass is 170 g/mol. The summed E-state index contributed by atoms with van der Waals surface area (Å²) in [7, 11) is 1.69. The minimum absolute atomic E-state index is 0.340. The topological polar surface area (TPSA) is 47.3 Å². The Labute approximate surface area is 71.9 Å². The van der Waals surface area contributed by atoms with Crippen LogP contribution in [0.1, 0.15) is 12.6 Å². The maximum Gasteiger partial charge on any atom is 0.124 e. The van der Waals surface area contributed by atoms with Crippen molar-refractivity contribution < 1.29 is 9.26 Å². The summed E-state index contributed by atoms with van der Waals surface area (Å²) in [5.41, 5.74) is 0.915. The van der Waals surface area contributed by atoms with Crippen molar-refractivity contribution in [1.82, 2.24) is 10.5 Å². The van der Waals surface area contributed by atoms with Gasteiger partial charge in [0.05, 0.1) is 12.3 Å². The van der Waals surface area contributed by atoms with Crippen LogP contribution in [0.25, 0.3) is 0 Å². The van der Waals surface area contributed by atoms with Gasteiger partial charge in [0.15, 0.2) is 0 Å². The number of hydrogen-bond acceptors (Lipinski definition) is 4. The smallest absolute Gasteiger partial charge is 0.124 e. The molecule has 1 atom stereocenters. The van der Waals surface area contributed by atoms with Crippen molar-refractivity contribution in [2.24, 2.45) is 0 Å². The van der Waals surface area contributed by atoms with E-state index in [1.807, 2.05) is 6.07 Å². The molecule has 0 saturated heterocycles. The highest BCUT2D eigenvalue weighted by Crippen LogP contribution is 1.94. The van der Waals surface area contributed by atoms with Gasteiger partial charge in [-0.25, -0.2) is 0 Å². The number of nitrogens with zero attached hydrogens (tertiary/aromatic N) is 1. The van der Waals surface area contributed by atoms with E-state index in [1.54, 1.807) is 13.4 Å². The maximum atomic E-state index is 4.97. The third-order valence-corrected chi connectivity index (χ3v) is 1.54. The van der Waals surface area contributed by atoms with Crippen LogP contribution in [0.15, 0.2) is 16.9 Å². The van der Waals surface area contributed by atoms with Crippen LogP contribution in [-0.4, -0.2) is 24.9 Å². The maximum absolute atomic E-state index is 4.97. The molecule has 4 nitrogen and oxygen atoms in total. The van der Waals surface area contributed by atoms with Crippen LogP contribution >= 0.6 is 0 Å². The molecule has 12 heavy (non-hydrogen) atoms. The highest BCUT2D eigenvalue weighted by atomic mass is 16.5. The van der Waals surface area contributed by atoms with Crippen molar-refractivity contribution >= 4 is 0 Å². The summed E-state index contributed by atoms with van der Waals surface area (Å²) in [6.45, 7) is 3.49. The molecule has 1 aromatic rings. The second-order valence-corrected chi connectivity index (χ2v) is 2.73. The summed E-state index contributed by atoms with van der Waals surface area (Å²) in [6, 6.07) is 2.18. The van der Waals surface area contributed by atoms with E-state index in [0.29, 0.717) is 12.6 Å². The summed E-state index contributed by atoms with van der Waals surface area (Å²) < 4.78 is 9.65. The van der Waals surface area contributed by atoms with E-state index in [-0.39, 0.29) is 0 Å². The van der Waals surface area contributed by atoms with E-state index < -0.39 is 0 Å². The van der Waals surface area contributed by atoms with Gasteiger partial charge in [-0.15, -0.1) is 0 Å². The van der Waals surface area contributed by atoms with Gasteiger partial charge < -0.3 is 14.6 Å². The van der Waals surface area contributed by atoms with Crippen LogP contribution in [0.4, 0.5) is 0 Å². The average molecular weight is 170 g/mol. The minimum Gasteiger partial charge on any atom is -0.383 e. The van der Waals surface area contributed by atoms with E-state index in [9.17, 15) is 0 Å². The van der Waals surface area contributed by atoms with E-state index in [0.717, 1.165) is 12.2 Å². The third kappa shape index (κ3) is 3.02. The number of nitrogens with one attached hydrogen (secondary N) is 1. The lowest BCUT2D eigenvalue weighted by Crippen LogP contribution is -2.29. The van der Waals surface area contributed by atoms with E-state index in [4.69, 9.17) is 4.74 Å². The van der Waals surface area contributed by atoms with E-state index in [1.165, 1.54) is 0 Å². The van der Waals surface area contributed by atoms with Crippen LogP contribution in [0.2, 0.25) is 0 Å². The normalized spacial score (nSPS) is 13.2. The fraction of sp³-hybridized carbons (Fsp3) is 0.625. The lowest BCUT2D eigenvalue weighted by Gasteiger charge is -2.10. The lowest BCUT2D eigenvalue weighted by atomic mass is 10.3. The van der Waals surface area contributed by atoms with E-state index in [2.05, 4.69) is 21.9 Å². The molecular weight excluding hydrogens is 156 g/mol. The molecule has 0 aliphatic carbocycles. The molecule has 4 heteroatoms. The first kappa shape index (κ1) is 9.22. The van der Waals surface area contributed by atoms with Gasteiger partial charge in [-0.1, -0.05) is 5.16 Å². The Hall–Kier alpha value is -0.870. The second kappa shape index (κ2) is 4.90. The molecule has 0 saturated carbocycles. The Morgan fingerprint density at radius 1 is 1.75 bits per heavy atom. The number of rotatable bonds is 5. The summed E-state index contributed by atoms with van der Waals surface area (Å²) in [6.07, 6.45) is 1.57. The largest absolute Gasteiger partial charge is 0.383 e. The molecule has 1 heterocycles. The highest BCUT2D eigenvalue weighted by molar-refractivity contribution is 4.94. The molecule has 0 spiro atoms. The molecule has 1 N–H and O–H groups in total. The molecule has 1 rings (SSSR count). The van der Waals surface area contributed by atoms with E-state index >= 15 is 0 Å². The molecule has 0 aromatic carbocycles. The minimum atomic E-state index is 0.340. The van der Waals surface area contributed by atoms with Gasteiger partial charge in [-0.05, 0) is 6.92 Å². The summed E-state index contributed by atoms with van der Waals surface area (Å²) in [5, 5.41) is 7.01. The van der Waals surface area contributed by atoms with Crippen molar-refractivity contribution in [3.05, 3.63) is 18.0 Å². The van der Waals surface area contributed by atoms with Gasteiger partial charge in [-0.2, -0.15) is 0 Å². The number of aromatic nitrogens is 1. The van der Waals surface area contributed by atoms with Gasteiger partial charge in [0.25, 0.3) is 0 Å². The quantitative estimate of drug-likeness (QED) is 0.710. The molecule has 0 fully saturated rings. The first-order chi connectivity index (χ1) is 5.83. The fourth-order valence-corrected chi connectivity index (χ4v) is 0.916. The second-order valence-electron chi connectivity index (χ2n) is 2.73. The van der Waals surface area contributed by atoms with Crippen molar-refractivity contribution in [3.8, 4) is 0 Å². The molecule has 1 unspecified atom stereocenters. The van der Waals surface area contributed by atoms with Crippen LogP contribution in [0, 0.1) is 0 Å². The predicted molar refractivity (Wildman–Crippen MR) is 44.7 cm³/mol. The third-order valence-electron chi connectivity index (χ3n) is 1.54. The van der Waals surface area contributed by atoms with Crippen molar-refractivity contribution in [3.63, 3.8) is 0 Å². The van der Waals surface area contributed by atoms with Crippen molar-refractivity contribution in [2.45, 2.75) is 19.5 Å². The van der Waals surface area contributed by atoms with Gasteiger partial charge in [0.2, 0.25) is 0 Å². The Kier molecular flexibility index (Phi) is 3.76.